The minimum absolute atomic E-state index is 0.0792. The molecule has 0 unspecified atom stereocenters. The lowest BCUT2D eigenvalue weighted by Gasteiger charge is -2.32. The van der Waals surface area contributed by atoms with Crippen molar-refractivity contribution >= 4 is 17.4 Å². The first-order chi connectivity index (χ1) is 12.6. The summed E-state index contributed by atoms with van der Waals surface area (Å²) in [6.07, 6.45) is 3.52. The number of aryl methyl sites for hydroxylation is 1. The number of ether oxygens (including phenoxy) is 1. The predicted molar refractivity (Wildman–Crippen MR) is 98.3 cm³/mol. The van der Waals surface area contributed by atoms with Gasteiger partial charge in [0.2, 0.25) is 0 Å². The Morgan fingerprint density at radius 3 is 2.96 bits per heavy atom. The van der Waals surface area contributed by atoms with Crippen LogP contribution in [-0.4, -0.2) is 51.9 Å². The number of carbonyl (C=O) groups excluding carboxylic acids is 1. The maximum absolute atomic E-state index is 12.9. The van der Waals surface area contributed by atoms with Crippen molar-refractivity contribution in [3.63, 3.8) is 0 Å². The normalized spacial score (nSPS) is 17.5. The highest BCUT2D eigenvalue weighted by atomic mass is 16.5. The summed E-state index contributed by atoms with van der Waals surface area (Å²) in [6.45, 7) is 3.51. The minimum atomic E-state index is -0.236. The van der Waals surface area contributed by atoms with Crippen LogP contribution in [0.2, 0.25) is 0 Å². The maximum Gasteiger partial charge on any atom is 0.274 e. The summed E-state index contributed by atoms with van der Waals surface area (Å²) in [5.74, 6) is 0.703. The van der Waals surface area contributed by atoms with E-state index in [4.69, 9.17) is 4.74 Å². The summed E-state index contributed by atoms with van der Waals surface area (Å²) < 4.78 is 7.73. The van der Waals surface area contributed by atoms with E-state index in [1.54, 1.807) is 11.1 Å². The van der Waals surface area contributed by atoms with E-state index in [2.05, 4.69) is 15.3 Å². The summed E-state index contributed by atoms with van der Waals surface area (Å²) in [5.41, 5.74) is 3.16. The molecule has 1 saturated heterocycles. The average Bonchev–Trinajstić information content (AvgIpc) is 3.10. The van der Waals surface area contributed by atoms with Gasteiger partial charge in [0.25, 0.3) is 5.91 Å². The van der Waals surface area contributed by atoms with E-state index in [0.717, 1.165) is 22.7 Å². The fourth-order valence-electron chi connectivity index (χ4n) is 3.15. The van der Waals surface area contributed by atoms with Gasteiger partial charge in [-0.3, -0.25) is 4.79 Å². The predicted octanol–water partition coefficient (Wildman–Crippen LogP) is 2.29. The second kappa shape index (κ2) is 6.76. The molecular weight excluding hydrogens is 330 g/mol. The van der Waals surface area contributed by atoms with Gasteiger partial charge in [-0.25, -0.2) is 9.97 Å². The van der Waals surface area contributed by atoms with Crippen LogP contribution >= 0.6 is 0 Å². The molecule has 26 heavy (non-hydrogen) atoms. The topological polar surface area (TPSA) is 71.8 Å². The number of pyridine rings is 2. The molecule has 1 aliphatic heterocycles. The number of carbonyl (C=O) groups is 1. The van der Waals surface area contributed by atoms with Crippen LogP contribution in [0.15, 0.2) is 42.7 Å². The van der Waals surface area contributed by atoms with Crippen molar-refractivity contribution in [3.8, 4) is 0 Å². The van der Waals surface area contributed by atoms with Gasteiger partial charge in [-0.15, -0.1) is 0 Å². The highest BCUT2D eigenvalue weighted by molar-refractivity contribution is 5.93. The van der Waals surface area contributed by atoms with Crippen molar-refractivity contribution in [1.29, 1.82) is 0 Å². The van der Waals surface area contributed by atoms with Crippen LogP contribution in [0.1, 0.15) is 27.8 Å². The van der Waals surface area contributed by atoms with E-state index in [1.165, 1.54) is 0 Å². The standard InChI is InChI=1S/C19H21N5O2/c1-13-6-7-18-22-15(11-24(18)10-13)19(25)23-8-9-26-16(12-23)14-4-3-5-17(20-2)21-14/h3-7,10-11,16H,8-9,12H2,1-2H3,(H,20,21)/t16-/m0/s1. The Morgan fingerprint density at radius 2 is 2.12 bits per heavy atom. The molecule has 3 aromatic heterocycles. The molecule has 0 aliphatic carbocycles. The van der Waals surface area contributed by atoms with Crippen LogP contribution in [0.4, 0.5) is 5.82 Å². The molecule has 1 atom stereocenters. The summed E-state index contributed by atoms with van der Waals surface area (Å²) in [4.78, 5) is 23.7. The molecule has 134 valence electrons. The van der Waals surface area contributed by atoms with Crippen molar-refractivity contribution in [2.75, 3.05) is 32.1 Å². The number of anilines is 1. The van der Waals surface area contributed by atoms with Crippen LogP contribution in [0.3, 0.4) is 0 Å². The first-order valence-electron chi connectivity index (χ1n) is 8.65. The van der Waals surface area contributed by atoms with Gasteiger partial charge in [-0.2, -0.15) is 0 Å². The summed E-state index contributed by atoms with van der Waals surface area (Å²) >= 11 is 0. The van der Waals surface area contributed by atoms with E-state index < -0.39 is 0 Å². The minimum Gasteiger partial charge on any atom is -0.373 e. The molecular formula is C19H21N5O2. The molecule has 4 heterocycles. The van der Waals surface area contributed by atoms with Crippen molar-refractivity contribution < 1.29 is 9.53 Å². The number of aromatic nitrogens is 3. The molecule has 0 saturated carbocycles. The number of hydrogen-bond acceptors (Lipinski definition) is 5. The molecule has 4 rings (SSSR count). The van der Waals surface area contributed by atoms with Crippen LogP contribution in [0.5, 0.6) is 0 Å². The van der Waals surface area contributed by atoms with Crippen molar-refractivity contribution in [2.45, 2.75) is 13.0 Å². The Morgan fingerprint density at radius 1 is 1.23 bits per heavy atom. The number of amides is 1. The zero-order valence-electron chi connectivity index (χ0n) is 14.8. The van der Waals surface area contributed by atoms with E-state index in [9.17, 15) is 4.79 Å². The lowest BCUT2D eigenvalue weighted by Crippen LogP contribution is -2.42. The third-order valence-corrected chi connectivity index (χ3v) is 4.53. The number of nitrogens with one attached hydrogen (secondary N) is 1. The van der Waals surface area contributed by atoms with Crippen molar-refractivity contribution in [3.05, 3.63) is 59.7 Å². The molecule has 3 aromatic rings. The van der Waals surface area contributed by atoms with Gasteiger partial charge in [0, 0.05) is 26.0 Å². The second-order valence-electron chi connectivity index (χ2n) is 6.41. The Hall–Kier alpha value is -2.93. The Balaban J connectivity index is 1.55. The third-order valence-electron chi connectivity index (χ3n) is 4.53. The van der Waals surface area contributed by atoms with Crippen molar-refractivity contribution in [1.82, 2.24) is 19.3 Å². The van der Waals surface area contributed by atoms with Gasteiger partial charge in [0.1, 0.15) is 23.3 Å². The Bertz CT molecular complexity index is 952. The lowest BCUT2D eigenvalue weighted by atomic mass is 10.1. The summed E-state index contributed by atoms with van der Waals surface area (Å²) in [6, 6.07) is 9.66. The Labute approximate surface area is 151 Å². The fraction of sp³-hybridized carbons (Fsp3) is 0.316. The van der Waals surface area contributed by atoms with Crippen LogP contribution in [0.25, 0.3) is 5.65 Å². The maximum atomic E-state index is 12.9. The molecule has 0 bridgehead atoms. The molecule has 0 aromatic carbocycles. The number of nitrogens with zero attached hydrogens (tertiary/aromatic N) is 4. The monoisotopic (exact) mass is 351 g/mol. The van der Waals surface area contributed by atoms with Gasteiger partial charge < -0.3 is 19.4 Å². The summed E-state index contributed by atoms with van der Waals surface area (Å²) in [5, 5.41) is 3.03. The Kier molecular flexibility index (Phi) is 4.30. The molecule has 7 nitrogen and oxygen atoms in total. The van der Waals surface area contributed by atoms with E-state index in [1.807, 2.05) is 54.9 Å². The highest BCUT2D eigenvalue weighted by Gasteiger charge is 2.28. The van der Waals surface area contributed by atoms with E-state index in [-0.39, 0.29) is 12.0 Å². The van der Waals surface area contributed by atoms with Gasteiger partial charge in [0.15, 0.2) is 0 Å². The molecule has 1 amide bonds. The smallest absolute Gasteiger partial charge is 0.274 e. The van der Waals surface area contributed by atoms with E-state index >= 15 is 0 Å². The number of morpholine rings is 1. The quantitative estimate of drug-likeness (QED) is 0.784. The molecule has 1 N–H and O–H groups in total. The molecule has 1 aliphatic rings. The zero-order valence-corrected chi connectivity index (χ0v) is 14.8. The fourth-order valence-corrected chi connectivity index (χ4v) is 3.15. The van der Waals surface area contributed by atoms with Gasteiger partial charge >= 0.3 is 0 Å². The first-order valence-corrected chi connectivity index (χ1v) is 8.65. The lowest BCUT2D eigenvalue weighted by molar-refractivity contribution is -0.0248. The van der Waals surface area contributed by atoms with Crippen LogP contribution in [0, 0.1) is 6.92 Å². The third kappa shape index (κ3) is 3.13. The number of hydrogen-bond donors (Lipinski definition) is 1. The number of rotatable bonds is 3. The summed E-state index contributed by atoms with van der Waals surface area (Å²) in [7, 11) is 1.83. The largest absolute Gasteiger partial charge is 0.373 e. The highest BCUT2D eigenvalue weighted by Crippen LogP contribution is 2.23. The average molecular weight is 351 g/mol. The van der Waals surface area contributed by atoms with Crippen molar-refractivity contribution in [2.24, 2.45) is 0 Å². The molecule has 7 heteroatoms. The first kappa shape index (κ1) is 16.5. The second-order valence-corrected chi connectivity index (χ2v) is 6.41. The van der Waals surface area contributed by atoms with Crippen LogP contribution in [-0.2, 0) is 4.74 Å². The van der Waals surface area contributed by atoms with Gasteiger partial charge in [-0.1, -0.05) is 12.1 Å². The number of fused-ring (bicyclic) bond motifs is 1. The zero-order chi connectivity index (χ0) is 18.1. The SMILES string of the molecule is CNc1cccc([C@@H]2CN(C(=O)c3cn4cc(C)ccc4n3)CCO2)n1. The van der Waals surface area contributed by atoms with Gasteiger partial charge in [-0.05, 0) is 30.7 Å². The molecule has 0 spiro atoms. The van der Waals surface area contributed by atoms with Crippen LogP contribution < -0.4 is 5.32 Å². The molecule has 1 fully saturated rings. The number of imidazole rings is 1. The van der Waals surface area contributed by atoms with Gasteiger partial charge in [0.05, 0.1) is 18.8 Å². The van der Waals surface area contributed by atoms with E-state index in [0.29, 0.717) is 25.4 Å². The molecule has 0 radical (unpaired) electrons.